The second-order valence-corrected chi connectivity index (χ2v) is 5.55. The van der Waals surface area contributed by atoms with Gasteiger partial charge in [0.2, 0.25) is 0 Å². The normalized spacial score (nSPS) is 18.2. The first-order valence-electron chi connectivity index (χ1n) is 7.07. The predicted molar refractivity (Wildman–Crippen MR) is 77.2 cm³/mol. The van der Waals surface area contributed by atoms with Gasteiger partial charge in [0.25, 0.3) is 0 Å². The zero-order valence-electron chi connectivity index (χ0n) is 11.8. The molecule has 1 aromatic heterocycles. The van der Waals surface area contributed by atoms with Gasteiger partial charge in [-0.05, 0) is 50.9 Å². The number of hydrogen-bond donors (Lipinski definition) is 2. The van der Waals surface area contributed by atoms with Crippen LogP contribution in [0.2, 0.25) is 0 Å². The summed E-state index contributed by atoms with van der Waals surface area (Å²) in [6, 6.07) is 1.88. The first-order chi connectivity index (χ1) is 9.09. The quantitative estimate of drug-likeness (QED) is 0.816. The maximum atomic E-state index is 12.9. The van der Waals surface area contributed by atoms with Crippen molar-refractivity contribution in [3.63, 3.8) is 0 Å². The first kappa shape index (κ1) is 14.0. The Balaban J connectivity index is 2.36. The molecule has 0 radical (unpaired) electrons. The molecule has 1 aromatic rings. The van der Waals surface area contributed by atoms with Crippen LogP contribution >= 0.6 is 0 Å². The molecule has 1 saturated heterocycles. The highest BCUT2D eigenvalue weighted by Crippen LogP contribution is 2.38. The maximum absolute atomic E-state index is 12.9. The SMILES string of the molecule is CCCC1(C(=O)c2cc(C)cnc2N)CCNCC1. The van der Waals surface area contributed by atoms with Crippen LogP contribution in [0, 0.1) is 12.3 Å². The Morgan fingerprint density at radius 2 is 2.16 bits per heavy atom. The minimum Gasteiger partial charge on any atom is -0.383 e. The van der Waals surface area contributed by atoms with Crippen LogP contribution in [0.1, 0.15) is 48.5 Å². The lowest BCUT2D eigenvalue weighted by Crippen LogP contribution is -2.42. The molecule has 19 heavy (non-hydrogen) atoms. The van der Waals surface area contributed by atoms with Crippen molar-refractivity contribution in [1.82, 2.24) is 10.3 Å². The van der Waals surface area contributed by atoms with Crippen LogP contribution in [-0.4, -0.2) is 23.9 Å². The number of carbonyl (C=O) groups excluding carboxylic acids is 1. The fraction of sp³-hybridized carbons (Fsp3) is 0.600. The Labute approximate surface area is 114 Å². The van der Waals surface area contributed by atoms with Crippen LogP contribution in [0.15, 0.2) is 12.3 Å². The summed E-state index contributed by atoms with van der Waals surface area (Å²) in [4.78, 5) is 17.1. The third-order valence-electron chi connectivity index (χ3n) is 4.07. The molecule has 2 rings (SSSR count). The fourth-order valence-corrected chi connectivity index (χ4v) is 3.02. The fourth-order valence-electron chi connectivity index (χ4n) is 3.02. The monoisotopic (exact) mass is 261 g/mol. The number of nitrogen functional groups attached to an aromatic ring is 1. The van der Waals surface area contributed by atoms with Crippen molar-refractivity contribution in [2.24, 2.45) is 5.41 Å². The molecule has 0 bridgehead atoms. The molecule has 2 heterocycles. The summed E-state index contributed by atoms with van der Waals surface area (Å²) >= 11 is 0. The van der Waals surface area contributed by atoms with E-state index >= 15 is 0 Å². The largest absolute Gasteiger partial charge is 0.383 e. The molecule has 0 aliphatic carbocycles. The zero-order chi connectivity index (χ0) is 13.9. The molecule has 1 aliphatic rings. The highest BCUT2D eigenvalue weighted by atomic mass is 16.1. The van der Waals surface area contributed by atoms with E-state index in [1.54, 1.807) is 6.20 Å². The molecular weight excluding hydrogens is 238 g/mol. The number of nitrogens with two attached hydrogens (primary N) is 1. The summed E-state index contributed by atoms with van der Waals surface area (Å²) in [5.41, 5.74) is 7.25. The topological polar surface area (TPSA) is 68.0 Å². The molecule has 1 fully saturated rings. The number of carbonyl (C=O) groups is 1. The average Bonchev–Trinajstić information content (AvgIpc) is 2.42. The first-order valence-corrected chi connectivity index (χ1v) is 7.07. The van der Waals surface area contributed by atoms with Gasteiger partial charge in [-0.15, -0.1) is 0 Å². The van der Waals surface area contributed by atoms with Crippen molar-refractivity contribution in [1.29, 1.82) is 0 Å². The molecule has 3 N–H and O–H groups in total. The second-order valence-electron chi connectivity index (χ2n) is 5.55. The lowest BCUT2D eigenvalue weighted by molar-refractivity contribution is 0.0705. The molecule has 0 spiro atoms. The van der Waals surface area contributed by atoms with Crippen molar-refractivity contribution in [3.8, 4) is 0 Å². The molecule has 0 amide bonds. The van der Waals surface area contributed by atoms with Gasteiger partial charge in [-0.25, -0.2) is 4.98 Å². The Morgan fingerprint density at radius 1 is 1.47 bits per heavy atom. The number of anilines is 1. The van der Waals surface area contributed by atoms with Crippen LogP contribution in [-0.2, 0) is 0 Å². The summed E-state index contributed by atoms with van der Waals surface area (Å²) in [7, 11) is 0. The Hall–Kier alpha value is -1.42. The molecule has 0 aromatic carbocycles. The number of pyridine rings is 1. The number of aryl methyl sites for hydroxylation is 1. The average molecular weight is 261 g/mol. The molecule has 0 unspecified atom stereocenters. The van der Waals surface area contributed by atoms with Crippen LogP contribution in [0.3, 0.4) is 0 Å². The summed E-state index contributed by atoms with van der Waals surface area (Å²) < 4.78 is 0. The number of piperidine rings is 1. The van der Waals surface area contributed by atoms with Crippen molar-refractivity contribution in [2.45, 2.75) is 39.5 Å². The van der Waals surface area contributed by atoms with Crippen molar-refractivity contribution >= 4 is 11.6 Å². The molecule has 0 saturated carbocycles. The van der Waals surface area contributed by atoms with Crippen LogP contribution in [0.4, 0.5) is 5.82 Å². The summed E-state index contributed by atoms with van der Waals surface area (Å²) in [6.07, 6.45) is 5.45. The number of aromatic nitrogens is 1. The smallest absolute Gasteiger partial charge is 0.172 e. The lowest BCUT2D eigenvalue weighted by atomic mass is 9.70. The Morgan fingerprint density at radius 3 is 2.79 bits per heavy atom. The van der Waals surface area contributed by atoms with Gasteiger partial charge in [0.1, 0.15) is 5.82 Å². The molecule has 4 heteroatoms. The summed E-state index contributed by atoms with van der Waals surface area (Å²) in [5.74, 6) is 0.550. The van der Waals surface area contributed by atoms with Crippen LogP contribution < -0.4 is 11.1 Å². The van der Waals surface area contributed by atoms with Gasteiger partial charge in [0, 0.05) is 11.6 Å². The van der Waals surface area contributed by atoms with Gasteiger partial charge in [0.15, 0.2) is 5.78 Å². The lowest BCUT2D eigenvalue weighted by Gasteiger charge is -2.36. The number of rotatable bonds is 4. The van der Waals surface area contributed by atoms with E-state index in [9.17, 15) is 4.79 Å². The Bertz CT molecular complexity index is 459. The molecular formula is C15H23N3O. The van der Waals surface area contributed by atoms with E-state index in [2.05, 4.69) is 17.2 Å². The molecule has 4 nitrogen and oxygen atoms in total. The minimum atomic E-state index is -0.246. The van der Waals surface area contributed by atoms with Gasteiger partial charge in [-0.2, -0.15) is 0 Å². The number of Topliss-reactive ketones (excluding diaryl/α,β-unsaturated/α-hetero) is 1. The van der Waals surface area contributed by atoms with E-state index in [1.807, 2.05) is 13.0 Å². The zero-order valence-corrected chi connectivity index (χ0v) is 11.8. The van der Waals surface area contributed by atoms with Gasteiger partial charge in [0.05, 0.1) is 5.56 Å². The van der Waals surface area contributed by atoms with Crippen LogP contribution in [0.25, 0.3) is 0 Å². The molecule has 104 valence electrons. The number of ketones is 1. The van der Waals surface area contributed by atoms with Gasteiger partial charge < -0.3 is 11.1 Å². The third-order valence-corrected chi connectivity index (χ3v) is 4.07. The van der Waals surface area contributed by atoms with E-state index in [0.29, 0.717) is 11.4 Å². The van der Waals surface area contributed by atoms with Gasteiger partial charge >= 0.3 is 0 Å². The maximum Gasteiger partial charge on any atom is 0.172 e. The second kappa shape index (κ2) is 5.70. The highest BCUT2D eigenvalue weighted by Gasteiger charge is 2.39. The predicted octanol–water partition coefficient (Wildman–Crippen LogP) is 2.32. The summed E-state index contributed by atoms with van der Waals surface area (Å²) in [5, 5.41) is 3.33. The number of hydrogen-bond acceptors (Lipinski definition) is 4. The Kier molecular flexibility index (Phi) is 4.20. The van der Waals surface area contributed by atoms with E-state index in [0.717, 1.165) is 44.3 Å². The van der Waals surface area contributed by atoms with E-state index in [1.165, 1.54) is 0 Å². The van der Waals surface area contributed by atoms with E-state index in [-0.39, 0.29) is 11.2 Å². The van der Waals surface area contributed by atoms with E-state index in [4.69, 9.17) is 5.73 Å². The summed E-state index contributed by atoms with van der Waals surface area (Å²) in [6.45, 7) is 5.89. The molecule has 0 atom stereocenters. The number of nitrogens with one attached hydrogen (secondary N) is 1. The minimum absolute atomic E-state index is 0.185. The van der Waals surface area contributed by atoms with Crippen molar-refractivity contribution in [3.05, 3.63) is 23.4 Å². The van der Waals surface area contributed by atoms with E-state index < -0.39 is 0 Å². The third kappa shape index (κ3) is 2.78. The highest BCUT2D eigenvalue weighted by molar-refractivity contribution is 6.04. The van der Waals surface area contributed by atoms with Gasteiger partial charge in [-0.1, -0.05) is 13.3 Å². The van der Waals surface area contributed by atoms with Crippen molar-refractivity contribution in [2.75, 3.05) is 18.8 Å². The number of nitrogens with zero attached hydrogens (tertiary/aromatic N) is 1. The van der Waals surface area contributed by atoms with Crippen molar-refractivity contribution < 1.29 is 4.79 Å². The van der Waals surface area contributed by atoms with Gasteiger partial charge in [-0.3, -0.25) is 4.79 Å². The standard InChI is InChI=1S/C15H23N3O/c1-3-4-15(5-7-17-8-6-15)13(19)12-9-11(2)10-18-14(12)16/h9-10,17H,3-8H2,1-2H3,(H2,16,18). The molecule has 1 aliphatic heterocycles. The van der Waals surface area contributed by atoms with Crippen LogP contribution in [0.5, 0.6) is 0 Å².